The lowest BCUT2D eigenvalue weighted by Gasteiger charge is -2.37. The second-order valence-corrected chi connectivity index (χ2v) is 8.47. The summed E-state index contributed by atoms with van der Waals surface area (Å²) < 4.78 is 0. The number of hydrogen-bond acceptors (Lipinski definition) is 3. The fourth-order valence-corrected chi connectivity index (χ4v) is 4.17. The molecule has 1 unspecified atom stereocenters. The van der Waals surface area contributed by atoms with Crippen molar-refractivity contribution < 1.29 is 4.79 Å². The topological polar surface area (TPSA) is 45.2 Å². The molecule has 0 saturated heterocycles. The van der Waals surface area contributed by atoms with Gasteiger partial charge in [0.15, 0.2) is 0 Å². The summed E-state index contributed by atoms with van der Waals surface area (Å²) in [7, 11) is 0. The molecule has 0 fully saturated rings. The summed E-state index contributed by atoms with van der Waals surface area (Å²) in [6.07, 6.45) is 4.44. The first-order valence-corrected chi connectivity index (χ1v) is 11.8. The van der Waals surface area contributed by atoms with Crippen LogP contribution < -0.4 is 10.2 Å². The van der Waals surface area contributed by atoms with Gasteiger partial charge in [0.1, 0.15) is 6.04 Å². The molecule has 0 spiro atoms. The van der Waals surface area contributed by atoms with Gasteiger partial charge in [0.25, 0.3) is 0 Å². The van der Waals surface area contributed by atoms with Crippen LogP contribution >= 0.6 is 0 Å². The molecule has 1 heterocycles. The molecule has 172 valence electrons. The lowest BCUT2D eigenvalue weighted by Crippen LogP contribution is -2.44. The molecule has 0 aliphatic carbocycles. The zero-order valence-electron chi connectivity index (χ0n) is 19.8. The van der Waals surface area contributed by atoms with Crippen LogP contribution in [0.25, 0.3) is 11.1 Å². The average Bonchev–Trinajstić information content (AvgIpc) is 2.91. The largest absolute Gasteiger partial charge is 0.353 e. The van der Waals surface area contributed by atoms with Crippen molar-refractivity contribution in [3.8, 4) is 11.1 Å². The van der Waals surface area contributed by atoms with Gasteiger partial charge in [-0.25, -0.2) is 0 Å². The summed E-state index contributed by atoms with van der Waals surface area (Å²) in [5, 5.41) is 3.16. The molecule has 4 nitrogen and oxygen atoms in total. The minimum Gasteiger partial charge on any atom is -0.353 e. The highest BCUT2D eigenvalue weighted by Crippen LogP contribution is 2.32. The van der Waals surface area contributed by atoms with Crippen molar-refractivity contribution in [1.29, 1.82) is 0 Å². The maximum absolute atomic E-state index is 13.7. The van der Waals surface area contributed by atoms with E-state index in [0.717, 1.165) is 28.8 Å². The quantitative estimate of drug-likeness (QED) is 0.321. The van der Waals surface area contributed by atoms with Crippen LogP contribution in [0.2, 0.25) is 0 Å². The number of amides is 1. The summed E-state index contributed by atoms with van der Waals surface area (Å²) >= 11 is 0. The van der Waals surface area contributed by atoms with E-state index in [2.05, 4.69) is 65.4 Å². The number of carbonyl (C=O) groups is 1. The van der Waals surface area contributed by atoms with Gasteiger partial charge in [0, 0.05) is 36.2 Å². The fourth-order valence-electron chi connectivity index (χ4n) is 4.17. The number of nitrogens with one attached hydrogen (secondary N) is 1. The van der Waals surface area contributed by atoms with Crippen molar-refractivity contribution in [2.24, 2.45) is 0 Å². The zero-order chi connectivity index (χ0) is 23.8. The highest BCUT2D eigenvalue weighted by Gasteiger charge is 2.31. The van der Waals surface area contributed by atoms with Gasteiger partial charge in [0.05, 0.1) is 0 Å². The number of pyridine rings is 1. The summed E-state index contributed by atoms with van der Waals surface area (Å²) in [4.78, 5) is 20.2. The number of aromatic nitrogens is 1. The minimum atomic E-state index is -0.491. The van der Waals surface area contributed by atoms with Gasteiger partial charge in [-0.15, -0.1) is 0 Å². The second kappa shape index (κ2) is 11.3. The Morgan fingerprint density at radius 2 is 1.50 bits per heavy atom. The van der Waals surface area contributed by atoms with E-state index in [1.165, 1.54) is 5.56 Å². The number of hydrogen-bond donors (Lipinski definition) is 1. The van der Waals surface area contributed by atoms with E-state index in [0.29, 0.717) is 6.54 Å². The smallest absolute Gasteiger partial charge is 0.247 e. The van der Waals surface area contributed by atoms with Gasteiger partial charge in [-0.1, -0.05) is 85.8 Å². The average molecular weight is 450 g/mol. The van der Waals surface area contributed by atoms with Gasteiger partial charge in [-0.2, -0.15) is 0 Å². The van der Waals surface area contributed by atoms with Crippen molar-refractivity contribution in [2.75, 3.05) is 4.90 Å². The molecule has 0 radical (unpaired) electrons. The van der Waals surface area contributed by atoms with E-state index in [9.17, 15) is 4.79 Å². The first-order chi connectivity index (χ1) is 16.7. The van der Waals surface area contributed by atoms with Crippen molar-refractivity contribution in [2.45, 2.75) is 38.9 Å². The highest BCUT2D eigenvalue weighted by atomic mass is 16.2. The fraction of sp³-hybridized carbons (Fsp3) is 0.200. The van der Waals surface area contributed by atoms with E-state index in [1.54, 1.807) is 12.4 Å². The summed E-state index contributed by atoms with van der Waals surface area (Å²) in [5.74, 6) is -0.0377. The van der Waals surface area contributed by atoms with Crippen LogP contribution in [0.1, 0.15) is 37.4 Å². The van der Waals surface area contributed by atoms with Crippen LogP contribution in [-0.4, -0.2) is 16.9 Å². The molecule has 4 rings (SSSR count). The Morgan fingerprint density at radius 1 is 0.853 bits per heavy atom. The second-order valence-electron chi connectivity index (χ2n) is 8.47. The van der Waals surface area contributed by atoms with Gasteiger partial charge < -0.3 is 10.2 Å². The normalized spacial score (nSPS) is 12.5. The standard InChI is InChI=1S/C30H31N3O/c1-3-23(2)33(28-18-16-26(17-19-28)25-13-8-5-9-14-25)29(27-15-10-20-31-22-27)30(34)32-21-24-11-6-4-7-12-24/h4-20,22-23,29H,3,21H2,1-2H3,(H,32,34)/t23-,29?/m1/s1. The SMILES string of the molecule is CC[C@@H](C)N(c1ccc(-c2ccccc2)cc1)C(C(=O)NCc1ccccc1)c1cccnc1. The Balaban J connectivity index is 1.67. The molecule has 4 heteroatoms. The Labute approximate surface area is 202 Å². The van der Waals surface area contributed by atoms with Gasteiger partial charge in [0.2, 0.25) is 5.91 Å². The predicted molar refractivity (Wildman–Crippen MR) is 139 cm³/mol. The maximum atomic E-state index is 13.7. The van der Waals surface area contributed by atoms with Crippen LogP contribution in [0.15, 0.2) is 109 Å². The zero-order valence-corrected chi connectivity index (χ0v) is 19.8. The number of nitrogens with zero attached hydrogens (tertiary/aromatic N) is 2. The van der Waals surface area contributed by atoms with Crippen molar-refractivity contribution in [3.63, 3.8) is 0 Å². The molecule has 0 saturated carbocycles. The summed E-state index contributed by atoms with van der Waals surface area (Å²) in [6.45, 7) is 4.80. The molecule has 1 amide bonds. The van der Waals surface area contributed by atoms with Crippen LogP contribution in [0.3, 0.4) is 0 Å². The van der Waals surface area contributed by atoms with Crippen LogP contribution in [0.4, 0.5) is 5.69 Å². The molecule has 0 aliphatic heterocycles. The monoisotopic (exact) mass is 449 g/mol. The Kier molecular flexibility index (Phi) is 7.71. The molecule has 2 atom stereocenters. The molecule has 3 aromatic carbocycles. The molecule has 34 heavy (non-hydrogen) atoms. The van der Waals surface area contributed by atoms with E-state index in [1.807, 2.05) is 60.7 Å². The first-order valence-electron chi connectivity index (χ1n) is 11.8. The predicted octanol–water partition coefficient (Wildman–Crippen LogP) is 6.41. The molecule has 0 aliphatic rings. The summed E-state index contributed by atoms with van der Waals surface area (Å²) in [5.41, 5.74) is 5.29. The van der Waals surface area contributed by atoms with Crippen molar-refractivity contribution >= 4 is 11.6 Å². The van der Waals surface area contributed by atoms with Crippen molar-refractivity contribution in [3.05, 3.63) is 121 Å². The van der Waals surface area contributed by atoms with Crippen molar-refractivity contribution in [1.82, 2.24) is 10.3 Å². The number of anilines is 1. The van der Waals surface area contributed by atoms with Crippen LogP contribution in [0, 0.1) is 0 Å². The van der Waals surface area contributed by atoms with Crippen LogP contribution in [0.5, 0.6) is 0 Å². The number of rotatable bonds is 9. The lowest BCUT2D eigenvalue weighted by molar-refractivity contribution is -0.122. The van der Waals surface area contributed by atoms with E-state index < -0.39 is 6.04 Å². The third-order valence-electron chi connectivity index (χ3n) is 6.17. The number of benzene rings is 3. The molecule has 1 aromatic heterocycles. The molecule has 0 bridgehead atoms. The van der Waals surface area contributed by atoms with E-state index in [-0.39, 0.29) is 11.9 Å². The van der Waals surface area contributed by atoms with E-state index >= 15 is 0 Å². The molecular weight excluding hydrogens is 418 g/mol. The van der Waals surface area contributed by atoms with Gasteiger partial charge in [-0.05, 0) is 48.2 Å². The lowest BCUT2D eigenvalue weighted by atomic mass is 10.00. The molecule has 4 aromatic rings. The Hall–Kier alpha value is -3.92. The molecule has 1 N–H and O–H groups in total. The van der Waals surface area contributed by atoms with Crippen LogP contribution in [-0.2, 0) is 11.3 Å². The highest BCUT2D eigenvalue weighted by molar-refractivity contribution is 5.87. The number of carbonyl (C=O) groups excluding carboxylic acids is 1. The minimum absolute atomic E-state index is 0.0377. The third kappa shape index (κ3) is 5.52. The van der Waals surface area contributed by atoms with E-state index in [4.69, 9.17) is 0 Å². The van der Waals surface area contributed by atoms with Gasteiger partial charge >= 0.3 is 0 Å². The first kappa shape index (κ1) is 23.2. The van der Waals surface area contributed by atoms with Gasteiger partial charge in [-0.3, -0.25) is 9.78 Å². The molecular formula is C30H31N3O. The maximum Gasteiger partial charge on any atom is 0.247 e. The Morgan fingerprint density at radius 3 is 2.12 bits per heavy atom. The third-order valence-corrected chi connectivity index (χ3v) is 6.17. The summed E-state index contributed by atoms with van der Waals surface area (Å²) in [6, 6.07) is 32.3. The Bertz CT molecular complexity index is 1160.